The molecule has 0 saturated carbocycles. The third-order valence-corrected chi connectivity index (χ3v) is 3.55. The lowest BCUT2D eigenvalue weighted by molar-refractivity contribution is 0.320. The van der Waals surface area contributed by atoms with Crippen LogP contribution in [0.3, 0.4) is 0 Å². The van der Waals surface area contributed by atoms with Crippen LogP contribution in [0.4, 0.5) is 0 Å². The quantitative estimate of drug-likeness (QED) is 0.759. The number of rotatable bonds is 2. The summed E-state index contributed by atoms with van der Waals surface area (Å²) in [6.07, 6.45) is 1.37. The van der Waals surface area contributed by atoms with Gasteiger partial charge in [-0.3, -0.25) is 4.90 Å². The zero-order valence-electron chi connectivity index (χ0n) is 8.54. The summed E-state index contributed by atoms with van der Waals surface area (Å²) in [6.45, 7) is 6.01. The fourth-order valence-corrected chi connectivity index (χ4v) is 2.38. The third kappa shape index (κ3) is 2.70. The normalized spacial score (nSPS) is 22.9. The molecule has 0 spiro atoms. The molecular weight excluding hydrogens is 285 g/mol. The van der Waals surface area contributed by atoms with Gasteiger partial charge in [0.2, 0.25) is 0 Å². The second kappa shape index (κ2) is 4.62. The minimum atomic E-state index is 0.888. The van der Waals surface area contributed by atoms with Gasteiger partial charge in [0.15, 0.2) is 0 Å². The minimum Gasteiger partial charge on any atom is -0.299 e. The third-order valence-electron chi connectivity index (χ3n) is 2.83. The molecule has 0 aliphatic carbocycles. The molecule has 1 aromatic rings. The lowest BCUT2D eigenvalue weighted by atomic mass is 10.2. The Hall–Kier alpha value is -0.0900. The first-order chi connectivity index (χ1) is 6.74. The number of benzene rings is 1. The van der Waals surface area contributed by atoms with Crippen LogP contribution in [0.2, 0.25) is 0 Å². The van der Waals surface area contributed by atoms with E-state index in [1.54, 1.807) is 0 Å². The van der Waals surface area contributed by atoms with Crippen molar-refractivity contribution in [3.8, 4) is 0 Å². The minimum absolute atomic E-state index is 0.888. The van der Waals surface area contributed by atoms with Crippen LogP contribution in [0.25, 0.3) is 0 Å². The van der Waals surface area contributed by atoms with E-state index in [0.29, 0.717) is 0 Å². The monoisotopic (exact) mass is 301 g/mol. The van der Waals surface area contributed by atoms with E-state index in [1.807, 2.05) is 0 Å². The molecule has 1 unspecified atom stereocenters. The van der Waals surface area contributed by atoms with Crippen molar-refractivity contribution >= 4 is 22.6 Å². The predicted molar refractivity (Wildman–Crippen MR) is 68.2 cm³/mol. The molecule has 2 heteroatoms. The second-order valence-electron chi connectivity index (χ2n) is 4.26. The Bertz CT molecular complexity index is 294. The average molecular weight is 301 g/mol. The van der Waals surface area contributed by atoms with Crippen LogP contribution in [-0.2, 0) is 6.54 Å². The highest BCUT2D eigenvalue weighted by Gasteiger charge is 2.17. The highest BCUT2D eigenvalue weighted by atomic mass is 127. The van der Waals surface area contributed by atoms with Crippen molar-refractivity contribution in [1.82, 2.24) is 4.90 Å². The molecule has 1 aromatic carbocycles. The topological polar surface area (TPSA) is 3.24 Å². The van der Waals surface area contributed by atoms with E-state index in [9.17, 15) is 0 Å². The Morgan fingerprint density at radius 3 is 2.64 bits per heavy atom. The Morgan fingerprint density at radius 1 is 1.36 bits per heavy atom. The number of hydrogen-bond donors (Lipinski definition) is 0. The number of halogens is 1. The van der Waals surface area contributed by atoms with Crippen LogP contribution in [0.15, 0.2) is 24.3 Å². The molecule has 0 radical (unpaired) electrons. The van der Waals surface area contributed by atoms with Crippen molar-refractivity contribution in [3.63, 3.8) is 0 Å². The molecule has 76 valence electrons. The summed E-state index contributed by atoms with van der Waals surface area (Å²) in [6, 6.07) is 8.86. The summed E-state index contributed by atoms with van der Waals surface area (Å²) in [7, 11) is 0. The number of hydrogen-bond acceptors (Lipinski definition) is 1. The van der Waals surface area contributed by atoms with Crippen molar-refractivity contribution in [2.75, 3.05) is 13.1 Å². The van der Waals surface area contributed by atoms with Crippen LogP contribution in [0.5, 0.6) is 0 Å². The maximum absolute atomic E-state index is 2.55. The Kier molecular flexibility index (Phi) is 3.44. The van der Waals surface area contributed by atoms with E-state index in [2.05, 4.69) is 58.7 Å². The summed E-state index contributed by atoms with van der Waals surface area (Å²) in [4.78, 5) is 2.55. The van der Waals surface area contributed by atoms with Gasteiger partial charge in [-0.1, -0.05) is 19.1 Å². The maximum atomic E-state index is 2.55. The van der Waals surface area contributed by atoms with Crippen molar-refractivity contribution in [3.05, 3.63) is 33.4 Å². The van der Waals surface area contributed by atoms with E-state index >= 15 is 0 Å². The van der Waals surface area contributed by atoms with Gasteiger partial charge < -0.3 is 0 Å². The zero-order chi connectivity index (χ0) is 9.97. The molecule has 1 fully saturated rings. The SMILES string of the molecule is CC1CCN(Cc2ccc(I)cc2)C1. The Balaban J connectivity index is 1.94. The summed E-state index contributed by atoms with van der Waals surface area (Å²) in [5.41, 5.74) is 1.44. The molecule has 1 heterocycles. The number of nitrogens with zero attached hydrogens (tertiary/aromatic N) is 1. The van der Waals surface area contributed by atoms with Gasteiger partial charge in [-0.25, -0.2) is 0 Å². The van der Waals surface area contributed by atoms with Crippen molar-refractivity contribution in [2.24, 2.45) is 5.92 Å². The van der Waals surface area contributed by atoms with Gasteiger partial charge in [0.05, 0.1) is 0 Å². The summed E-state index contributed by atoms with van der Waals surface area (Å²) in [5, 5.41) is 0. The second-order valence-corrected chi connectivity index (χ2v) is 5.50. The van der Waals surface area contributed by atoms with E-state index in [1.165, 1.54) is 28.6 Å². The van der Waals surface area contributed by atoms with Gasteiger partial charge >= 0.3 is 0 Å². The fraction of sp³-hybridized carbons (Fsp3) is 0.500. The van der Waals surface area contributed by atoms with Crippen LogP contribution in [0.1, 0.15) is 18.9 Å². The smallest absolute Gasteiger partial charge is 0.0233 e. The van der Waals surface area contributed by atoms with Gasteiger partial charge in [0.1, 0.15) is 0 Å². The molecule has 1 aliphatic rings. The molecule has 1 saturated heterocycles. The average Bonchev–Trinajstić information content (AvgIpc) is 2.56. The van der Waals surface area contributed by atoms with Gasteiger partial charge in [-0.15, -0.1) is 0 Å². The van der Waals surface area contributed by atoms with Crippen LogP contribution in [0, 0.1) is 9.49 Å². The molecule has 0 amide bonds. The van der Waals surface area contributed by atoms with Crippen molar-refractivity contribution < 1.29 is 0 Å². The Labute approximate surface area is 99.6 Å². The van der Waals surface area contributed by atoms with Crippen LogP contribution < -0.4 is 0 Å². The summed E-state index contributed by atoms with van der Waals surface area (Å²) in [5.74, 6) is 0.888. The first kappa shape index (κ1) is 10.4. The standard InChI is InChI=1S/C12H16IN/c1-10-6-7-14(8-10)9-11-2-4-12(13)5-3-11/h2-5,10H,6-9H2,1H3. The lowest BCUT2D eigenvalue weighted by Crippen LogP contribution is -2.19. The lowest BCUT2D eigenvalue weighted by Gasteiger charge is -2.15. The van der Waals surface area contributed by atoms with Gasteiger partial charge in [-0.2, -0.15) is 0 Å². The molecule has 0 N–H and O–H groups in total. The van der Waals surface area contributed by atoms with Crippen molar-refractivity contribution in [1.29, 1.82) is 0 Å². The molecule has 0 aromatic heterocycles. The van der Waals surface area contributed by atoms with E-state index < -0.39 is 0 Å². The van der Waals surface area contributed by atoms with Gasteiger partial charge in [0, 0.05) is 16.7 Å². The maximum Gasteiger partial charge on any atom is 0.0233 e. The van der Waals surface area contributed by atoms with E-state index in [0.717, 1.165) is 12.5 Å². The highest BCUT2D eigenvalue weighted by Crippen LogP contribution is 2.18. The van der Waals surface area contributed by atoms with Crippen LogP contribution >= 0.6 is 22.6 Å². The fourth-order valence-electron chi connectivity index (χ4n) is 2.02. The molecule has 1 atom stereocenters. The molecule has 1 nitrogen and oxygen atoms in total. The first-order valence-electron chi connectivity index (χ1n) is 5.21. The highest BCUT2D eigenvalue weighted by molar-refractivity contribution is 14.1. The van der Waals surface area contributed by atoms with Gasteiger partial charge in [-0.05, 0) is 59.2 Å². The molecule has 0 bridgehead atoms. The summed E-state index contributed by atoms with van der Waals surface area (Å²) < 4.78 is 1.32. The van der Waals surface area contributed by atoms with E-state index in [-0.39, 0.29) is 0 Å². The zero-order valence-corrected chi connectivity index (χ0v) is 10.7. The molecule has 2 rings (SSSR count). The molecule has 1 aliphatic heterocycles. The number of likely N-dealkylation sites (tertiary alicyclic amines) is 1. The van der Waals surface area contributed by atoms with Crippen molar-refractivity contribution in [2.45, 2.75) is 19.9 Å². The predicted octanol–water partition coefficient (Wildman–Crippen LogP) is 3.13. The molecule has 14 heavy (non-hydrogen) atoms. The largest absolute Gasteiger partial charge is 0.299 e. The summed E-state index contributed by atoms with van der Waals surface area (Å²) >= 11 is 2.35. The van der Waals surface area contributed by atoms with Crippen LogP contribution in [-0.4, -0.2) is 18.0 Å². The Morgan fingerprint density at radius 2 is 2.07 bits per heavy atom. The molecular formula is C12H16IN. The first-order valence-corrected chi connectivity index (χ1v) is 6.29. The van der Waals surface area contributed by atoms with E-state index in [4.69, 9.17) is 0 Å². The van der Waals surface area contributed by atoms with Gasteiger partial charge in [0.25, 0.3) is 0 Å².